The molecule has 0 atom stereocenters. The first-order chi connectivity index (χ1) is 13.8. The lowest BCUT2D eigenvalue weighted by Crippen LogP contribution is -2.25. The Morgan fingerprint density at radius 2 is 1.97 bits per heavy atom. The van der Waals surface area contributed by atoms with E-state index in [4.69, 9.17) is 12.2 Å². The van der Waals surface area contributed by atoms with E-state index in [9.17, 15) is 17.6 Å². The molecule has 1 heterocycles. The molecule has 0 bridgehead atoms. The third-order valence-corrected chi connectivity index (χ3v) is 5.75. The minimum atomic E-state index is -3.94. The van der Waals surface area contributed by atoms with Crippen molar-refractivity contribution in [3.63, 3.8) is 0 Å². The number of sulfonamides is 1. The smallest absolute Gasteiger partial charge is 0.261 e. The highest BCUT2D eigenvalue weighted by molar-refractivity contribution is 7.92. The fourth-order valence-corrected chi connectivity index (χ4v) is 3.99. The SMILES string of the molecule is CCn1c(CNC(=O)c2cccc(S(=O)(=O)Nc3ccc(F)cc3)c2)n[nH]c1=S. The van der Waals surface area contributed by atoms with Gasteiger partial charge in [-0.25, -0.2) is 12.8 Å². The monoisotopic (exact) mass is 435 g/mol. The summed E-state index contributed by atoms with van der Waals surface area (Å²) in [6, 6.07) is 10.5. The van der Waals surface area contributed by atoms with E-state index in [2.05, 4.69) is 20.2 Å². The quantitative estimate of drug-likeness (QED) is 0.495. The van der Waals surface area contributed by atoms with Gasteiger partial charge in [0, 0.05) is 17.8 Å². The maximum absolute atomic E-state index is 13.0. The molecule has 8 nitrogen and oxygen atoms in total. The second kappa shape index (κ2) is 8.53. The van der Waals surface area contributed by atoms with E-state index in [1.165, 1.54) is 36.4 Å². The number of nitrogens with one attached hydrogen (secondary N) is 3. The van der Waals surface area contributed by atoms with E-state index in [0.717, 1.165) is 12.1 Å². The lowest BCUT2D eigenvalue weighted by molar-refractivity contribution is 0.0949. The summed E-state index contributed by atoms with van der Waals surface area (Å²) >= 11 is 5.10. The van der Waals surface area contributed by atoms with Gasteiger partial charge >= 0.3 is 0 Å². The van der Waals surface area contributed by atoms with E-state index < -0.39 is 21.7 Å². The number of anilines is 1. The second-order valence-corrected chi connectivity index (χ2v) is 8.08. The molecule has 0 aliphatic rings. The third-order valence-electron chi connectivity index (χ3n) is 4.06. The molecule has 3 aromatic rings. The molecule has 1 amide bonds. The van der Waals surface area contributed by atoms with Crippen molar-refractivity contribution in [3.8, 4) is 0 Å². The lowest BCUT2D eigenvalue weighted by Gasteiger charge is -2.10. The molecule has 0 spiro atoms. The maximum atomic E-state index is 13.0. The van der Waals surface area contributed by atoms with Gasteiger partial charge in [0.05, 0.1) is 11.4 Å². The minimum absolute atomic E-state index is 0.0919. The van der Waals surface area contributed by atoms with E-state index >= 15 is 0 Å². The summed E-state index contributed by atoms with van der Waals surface area (Å²) < 4.78 is 42.7. The Morgan fingerprint density at radius 3 is 2.66 bits per heavy atom. The number of H-pyrrole nitrogens is 1. The van der Waals surface area contributed by atoms with Gasteiger partial charge in [-0.2, -0.15) is 5.10 Å². The van der Waals surface area contributed by atoms with Gasteiger partial charge in [0.25, 0.3) is 15.9 Å². The number of rotatable bonds is 7. The van der Waals surface area contributed by atoms with E-state index in [1.807, 2.05) is 6.92 Å². The van der Waals surface area contributed by atoms with Crippen molar-refractivity contribution in [1.82, 2.24) is 20.1 Å². The van der Waals surface area contributed by atoms with Gasteiger partial charge in [0.1, 0.15) is 5.82 Å². The van der Waals surface area contributed by atoms with Crippen LogP contribution in [-0.4, -0.2) is 29.1 Å². The second-order valence-electron chi connectivity index (χ2n) is 6.01. The summed E-state index contributed by atoms with van der Waals surface area (Å²) in [7, 11) is -3.94. The highest BCUT2D eigenvalue weighted by atomic mass is 32.2. The number of hydrogen-bond donors (Lipinski definition) is 3. The Labute approximate surface area is 171 Å². The molecule has 0 unspecified atom stereocenters. The number of halogens is 1. The molecular formula is C18H18FN5O3S2. The number of hydrogen-bond acceptors (Lipinski definition) is 5. The topological polar surface area (TPSA) is 109 Å². The van der Waals surface area contributed by atoms with Crippen molar-refractivity contribution in [2.24, 2.45) is 0 Å². The van der Waals surface area contributed by atoms with Crippen LogP contribution in [0.25, 0.3) is 0 Å². The molecule has 29 heavy (non-hydrogen) atoms. The summed E-state index contributed by atoms with van der Waals surface area (Å²) in [4.78, 5) is 12.4. The van der Waals surface area contributed by atoms with Crippen LogP contribution in [0.2, 0.25) is 0 Å². The minimum Gasteiger partial charge on any atom is -0.345 e. The summed E-state index contributed by atoms with van der Waals surface area (Å²) in [5.41, 5.74) is 0.382. The molecule has 11 heteroatoms. The first kappa shape index (κ1) is 20.7. The van der Waals surface area contributed by atoms with Crippen LogP contribution in [0.3, 0.4) is 0 Å². The Kier molecular flexibility index (Phi) is 6.09. The van der Waals surface area contributed by atoms with Gasteiger partial charge < -0.3 is 9.88 Å². The standard InChI is InChI=1S/C18H18FN5O3S2/c1-2-24-16(21-22-18(24)28)11-20-17(25)12-4-3-5-15(10-12)29(26,27)23-14-8-6-13(19)7-9-14/h3-10,23H,2,11H2,1H3,(H,20,25)(H,22,28). The van der Waals surface area contributed by atoms with Gasteiger partial charge in [-0.1, -0.05) is 6.07 Å². The van der Waals surface area contributed by atoms with Gasteiger partial charge in [-0.15, -0.1) is 0 Å². The first-order valence-electron chi connectivity index (χ1n) is 8.61. The van der Waals surface area contributed by atoms with Crippen molar-refractivity contribution >= 4 is 33.8 Å². The number of carbonyl (C=O) groups excluding carboxylic acids is 1. The molecular weight excluding hydrogens is 417 g/mol. The van der Waals surface area contributed by atoms with Crippen molar-refractivity contribution in [2.45, 2.75) is 24.9 Å². The fourth-order valence-electron chi connectivity index (χ4n) is 2.61. The van der Waals surface area contributed by atoms with Crippen LogP contribution in [0.5, 0.6) is 0 Å². The van der Waals surface area contributed by atoms with Crippen molar-refractivity contribution in [2.75, 3.05) is 4.72 Å². The summed E-state index contributed by atoms with van der Waals surface area (Å²) in [5.74, 6) is -0.371. The molecule has 0 aliphatic heterocycles. The fraction of sp³-hybridized carbons (Fsp3) is 0.167. The van der Waals surface area contributed by atoms with Crippen molar-refractivity contribution in [1.29, 1.82) is 0 Å². The summed E-state index contributed by atoms with van der Waals surface area (Å²) in [6.07, 6.45) is 0. The molecule has 0 fully saturated rings. The number of amides is 1. The molecule has 3 N–H and O–H groups in total. The van der Waals surface area contributed by atoms with Crippen molar-refractivity contribution in [3.05, 3.63) is 70.5 Å². The number of aromatic amines is 1. The van der Waals surface area contributed by atoms with E-state index in [0.29, 0.717) is 17.1 Å². The largest absolute Gasteiger partial charge is 0.345 e. The molecule has 2 aromatic carbocycles. The Balaban J connectivity index is 1.74. The van der Waals surface area contributed by atoms with Crippen LogP contribution in [0.1, 0.15) is 23.1 Å². The molecule has 1 aromatic heterocycles. The number of carbonyl (C=O) groups is 1. The zero-order valence-corrected chi connectivity index (χ0v) is 17.0. The highest BCUT2D eigenvalue weighted by Gasteiger charge is 2.17. The van der Waals surface area contributed by atoms with Gasteiger partial charge in [0.15, 0.2) is 10.6 Å². The van der Waals surface area contributed by atoms with E-state index in [-0.39, 0.29) is 22.7 Å². The van der Waals surface area contributed by atoms with E-state index in [1.54, 1.807) is 4.57 Å². The van der Waals surface area contributed by atoms with Crippen molar-refractivity contribution < 1.29 is 17.6 Å². The molecule has 152 valence electrons. The average Bonchev–Trinajstić information content (AvgIpc) is 3.07. The number of benzene rings is 2. The van der Waals surface area contributed by atoms with Gasteiger partial charge in [-0.3, -0.25) is 14.6 Å². The summed E-state index contributed by atoms with van der Waals surface area (Å²) in [6.45, 7) is 2.63. The number of aromatic nitrogens is 3. The molecule has 0 saturated heterocycles. The Morgan fingerprint density at radius 1 is 1.24 bits per heavy atom. The zero-order valence-electron chi connectivity index (χ0n) is 15.3. The van der Waals surface area contributed by atoms with Gasteiger partial charge in [-0.05, 0) is 61.6 Å². The molecule has 0 saturated carbocycles. The van der Waals surface area contributed by atoms with Crippen LogP contribution in [0, 0.1) is 10.6 Å². The third kappa shape index (κ3) is 4.87. The average molecular weight is 436 g/mol. The zero-order chi connectivity index (χ0) is 21.0. The molecule has 0 aliphatic carbocycles. The maximum Gasteiger partial charge on any atom is 0.261 e. The Bertz CT molecular complexity index is 1190. The first-order valence-corrected chi connectivity index (χ1v) is 10.5. The normalized spacial score (nSPS) is 11.2. The van der Waals surface area contributed by atoms with Gasteiger partial charge in [0.2, 0.25) is 0 Å². The predicted octanol–water partition coefficient (Wildman–Crippen LogP) is 2.83. The predicted molar refractivity (Wildman–Crippen MR) is 108 cm³/mol. The molecule has 0 radical (unpaired) electrons. The number of nitrogens with zero attached hydrogens (tertiary/aromatic N) is 2. The highest BCUT2D eigenvalue weighted by Crippen LogP contribution is 2.17. The van der Waals surface area contributed by atoms with Crippen LogP contribution >= 0.6 is 12.2 Å². The van der Waals surface area contributed by atoms with Crippen LogP contribution in [0.4, 0.5) is 10.1 Å². The molecule has 3 rings (SSSR count). The van der Waals surface area contributed by atoms with Crippen LogP contribution in [-0.2, 0) is 23.1 Å². The van der Waals surface area contributed by atoms with Crippen LogP contribution < -0.4 is 10.0 Å². The summed E-state index contributed by atoms with van der Waals surface area (Å²) in [5, 5.41) is 9.41. The van der Waals surface area contributed by atoms with Crippen LogP contribution in [0.15, 0.2) is 53.4 Å². The lowest BCUT2D eigenvalue weighted by atomic mass is 10.2. The Hall–Kier alpha value is -3.05.